The highest BCUT2D eigenvalue weighted by Crippen LogP contribution is 2.32. The third-order valence-electron chi connectivity index (χ3n) is 3.32. The number of hydrogen-bond donors (Lipinski definition) is 1. The SMILES string of the molecule is NCc1ccc(COCc2ccc3c(c2)OCO3)c(Cl)c1. The van der Waals surface area contributed by atoms with Gasteiger partial charge in [-0.3, -0.25) is 0 Å². The predicted octanol–water partition coefficient (Wildman–Crippen LogP) is 3.24. The second-order valence-corrected chi connectivity index (χ2v) is 5.22. The highest BCUT2D eigenvalue weighted by Gasteiger charge is 2.13. The van der Waals surface area contributed by atoms with Crippen molar-refractivity contribution in [3.05, 3.63) is 58.1 Å². The van der Waals surface area contributed by atoms with Gasteiger partial charge in [0.15, 0.2) is 11.5 Å². The number of ether oxygens (including phenoxy) is 3. The van der Waals surface area contributed by atoms with Crippen molar-refractivity contribution in [2.45, 2.75) is 19.8 Å². The molecule has 1 heterocycles. The number of hydrogen-bond acceptors (Lipinski definition) is 4. The van der Waals surface area contributed by atoms with Crippen molar-refractivity contribution in [1.29, 1.82) is 0 Å². The summed E-state index contributed by atoms with van der Waals surface area (Å²) in [7, 11) is 0. The second kappa shape index (κ2) is 6.35. The molecule has 2 aromatic carbocycles. The van der Waals surface area contributed by atoms with Gasteiger partial charge in [0.25, 0.3) is 0 Å². The van der Waals surface area contributed by atoms with Crippen LogP contribution < -0.4 is 15.2 Å². The van der Waals surface area contributed by atoms with Crippen molar-refractivity contribution in [1.82, 2.24) is 0 Å². The van der Waals surface area contributed by atoms with Crippen molar-refractivity contribution >= 4 is 11.6 Å². The molecule has 1 aliphatic heterocycles. The summed E-state index contributed by atoms with van der Waals surface area (Å²) in [4.78, 5) is 0. The number of halogens is 1. The fourth-order valence-electron chi connectivity index (χ4n) is 2.14. The molecule has 0 unspecified atom stereocenters. The summed E-state index contributed by atoms with van der Waals surface area (Å²) in [6, 6.07) is 11.6. The molecule has 0 atom stereocenters. The Kier molecular flexibility index (Phi) is 4.29. The van der Waals surface area contributed by atoms with E-state index in [1.165, 1.54) is 0 Å². The topological polar surface area (TPSA) is 53.7 Å². The van der Waals surface area contributed by atoms with Crippen LogP contribution in [0.3, 0.4) is 0 Å². The zero-order chi connectivity index (χ0) is 14.7. The summed E-state index contributed by atoms with van der Waals surface area (Å²) >= 11 is 6.19. The van der Waals surface area contributed by atoms with Crippen molar-refractivity contribution in [2.75, 3.05) is 6.79 Å². The van der Waals surface area contributed by atoms with E-state index in [9.17, 15) is 0 Å². The van der Waals surface area contributed by atoms with Crippen LogP contribution in [0.2, 0.25) is 5.02 Å². The van der Waals surface area contributed by atoms with Gasteiger partial charge in [-0.25, -0.2) is 0 Å². The molecule has 3 rings (SSSR count). The Labute approximate surface area is 128 Å². The minimum Gasteiger partial charge on any atom is -0.454 e. The van der Waals surface area contributed by atoms with Crippen LogP contribution in [-0.4, -0.2) is 6.79 Å². The molecule has 110 valence electrons. The Morgan fingerprint density at radius 1 is 1.00 bits per heavy atom. The zero-order valence-electron chi connectivity index (χ0n) is 11.5. The quantitative estimate of drug-likeness (QED) is 0.921. The van der Waals surface area contributed by atoms with E-state index in [2.05, 4.69) is 0 Å². The monoisotopic (exact) mass is 305 g/mol. The van der Waals surface area contributed by atoms with Crippen LogP contribution in [0, 0.1) is 0 Å². The summed E-state index contributed by atoms with van der Waals surface area (Å²) in [5, 5.41) is 0.684. The van der Waals surface area contributed by atoms with Gasteiger partial charge in [0.2, 0.25) is 6.79 Å². The second-order valence-electron chi connectivity index (χ2n) is 4.81. The lowest BCUT2D eigenvalue weighted by atomic mass is 10.1. The molecule has 0 saturated carbocycles. The Balaban J connectivity index is 1.58. The molecule has 0 aromatic heterocycles. The van der Waals surface area contributed by atoms with Crippen molar-refractivity contribution in [2.24, 2.45) is 5.73 Å². The van der Waals surface area contributed by atoms with Crippen LogP contribution in [0.1, 0.15) is 16.7 Å². The number of rotatable bonds is 5. The molecular weight excluding hydrogens is 290 g/mol. The molecule has 5 heteroatoms. The van der Waals surface area contributed by atoms with E-state index in [0.29, 0.717) is 24.8 Å². The molecular formula is C16H16ClNO3. The average molecular weight is 306 g/mol. The molecule has 0 amide bonds. The molecule has 4 nitrogen and oxygen atoms in total. The first-order valence-electron chi connectivity index (χ1n) is 6.70. The van der Waals surface area contributed by atoms with Crippen LogP contribution in [-0.2, 0) is 24.5 Å². The van der Waals surface area contributed by atoms with Crippen LogP contribution in [0.5, 0.6) is 11.5 Å². The minimum atomic E-state index is 0.280. The maximum atomic E-state index is 6.19. The molecule has 0 aliphatic carbocycles. The van der Waals surface area contributed by atoms with Gasteiger partial charge in [0.1, 0.15) is 0 Å². The standard InChI is InChI=1S/C16H16ClNO3/c17-14-5-11(7-18)1-3-13(14)9-19-8-12-2-4-15-16(6-12)21-10-20-15/h1-6H,7-10,18H2. The van der Waals surface area contributed by atoms with Crippen LogP contribution >= 0.6 is 11.6 Å². The lowest BCUT2D eigenvalue weighted by Gasteiger charge is -2.08. The highest BCUT2D eigenvalue weighted by molar-refractivity contribution is 6.31. The molecule has 0 bridgehead atoms. The Hall–Kier alpha value is -1.75. The van der Waals surface area contributed by atoms with E-state index in [0.717, 1.165) is 28.2 Å². The molecule has 0 saturated heterocycles. The normalized spacial score (nSPS) is 12.7. The van der Waals surface area contributed by atoms with Crippen molar-refractivity contribution in [3.8, 4) is 11.5 Å². The minimum absolute atomic E-state index is 0.280. The van der Waals surface area contributed by atoms with E-state index < -0.39 is 0 Å². The summed E-state index contributed by atoms with van der Waals surface area (Å²) in [6.45, 7) is 1.71. The van der Waals surface area contributed by atoms with E-state index in [1.54, 1.807) is 0 Å². The third-order valence-corrected chi connectivity index (χ3v) is 3.67. The summed E-state index contributed by atoms with van der Waals surface area (Å²) in [5.74, 6) is 1.54. The smallest absolute Gasteiger partial charge is 0.231 e. The van der Waals surface area contributed by atoms with Gasteiger partial charge < -0.3 is 19.9 Å². The average Bonchev–Trinajstić information content (AvgIpc) is 2.96. The Morgan fingerprint density at radius 2 is 1.81 bits per heavy atom. The molecule has 0 fully saturated rings. The number of nitrogens with two attached hydrogens (primary N) is 1. The van der Waals surface area contributed by atoms with Crippen LogP contribution in [0.4, 0.5) is 0 Å². The van der Waals surface area contributed by atoms with E-state index in [1.807, 2.05) is 36.4 Å². The fourth-order valence-corrected chi connectivity index (χ4v) is 2.40. The molecule has 0 spiro atoms. The predicted molar refractivity (Wildman–Crippen MR) is 80.4 cm³/mol. The Morgan fingerprint density at radius 3 is 2.62 bits per heavy atom. The largest absolute Gasteiger partial charge is 0.454 e. The van der Waals surface area contributed by atoms with Gasteiger partial charge >= 0.3 is 0 Å². The first kappa shape index (κ1) is 14.2. The first-order valence-corrected chi connectivity index (χ1v) is 7.07. The van der Waals surface area contributed by atoms with E-state index in [-0.39, 0.29) is 6.79 Å². The van der Waals surface area contributed by atoms with Gasteiger partial charge in [0.05, 0.1) is 13.2 Å². The maximum Gasteiger partial charge on any atom is 0.231 e. The van der Waals surface area contributed by atoms with Gasteiger partial charge in [-0.1, -0.05) is 29.8 Å². The molecule has 2 aromatic rings. The lowest BCUT2D eigenvalue weighted by molar-refractivity contribution is 0.107. The lowest BCUT2D eigenvalue weighted by Crippen LogP contribution is -1.99. The number of fused-ring (bicyclic) bond motifs is 1. The maximum absolute atomic E-state index is 6.19. The van der Waals surface area contributed by atoms with Gasteiger partial charge in [0, 0.05) is 11.6 Å². The van der Waals surface area contributed by atoms with E-state index in [4.69, 9.17) is 31.5 Å². The third kappa shape index (κ3) is 3.29. The van der Waals surface area contributed by atoms with E-state index >= 15 is 0 Å². The molecule has 1 aliphatic rings. The van der Waals surface area contributed by atoms with Gasteiger partial charge in [-0.2, -0.15) is 0 Å². The fraction of sp³-hybridized carbons (Fsp3) is 0.250. The Bertz CT molecular complexity index is 645. The van der Waals surface area contributed by atoms with Crippen molar-refractivity contribution in [3.63, 3.8) is 0 Å². The van der Waals surface area contributed by atoms with Crippen molar-refractivity contribution < 1.29 is 14.2 Å². The van der Waals surface area contributed by atoms with Gasteiger partial charge in [-0.15, -0.1) is 0 Å². The summed E-state index contributed by atoms with van der Waals surface area (Å²) in [6.07, 6.45) is 0. The first-order chi connectivity index (χ1) is 10.3. The van der Waals surface area contributed by atoms with Gasteiger partial charge in [-0.05, 0) is 34.9 Å². The zero-order valence-corrected chi connectivity index (χ0v) is 12.2. The molecule has 21 heavy (non-hydrogen) atoms. The highest BCUT2D eigenvalue weighted by atomic mass is 35.5. The summed E-state index contributed by atoms with van der Waals surface area (Å²) < 4.78 is 16.3. The number of benzene rings is 2. The molecule has 2 N–H and O–H groups in total. The summed E-state index contributed by atoms with van der Waals surface area (Å²) in [5.41, 5.74) is 8.58. The molecule has 0 radical (unpaired) electrons. The van der Waals surface area contributed by atoms with Crippen LogP contribution in [0.15, 0.2) is 36.4 Å². The van der Waals surface area contributed by atoms with Crippen LogP contribution in [0.25, 0.3) is 0 Å².